The molecule has 0 fully saturated rings. The van der Waals surface area contributed by atoms with Gasteiger partial charge in [-0.25, -0.2) is 0 Å². The molecule has 0 aliphatic heterocycles. The Morgan fingerprint density at radius 3 is 2.67 bits per heavy atom. The van der Waals surface area contributed by atoms with Gasteiger partial charge in [-0.05, 0) is 43.5 Å². The molecule has 1 amide bonds. The number of anilines is 1. The molecular weight excluding hydrogens is 224 g/mol. The molecule has 1 aromatic rings. The molecule has 18 heavy (non-hydrogen) atoms. The number of carbonyl (C=O) groups excluding carboxylic acids is 1. The zero-order valence-electron chi connectivity index (χ0n) is 11.8. The van der Waals surface area contributed by atoms with Crippen LogP contribution in [0.2, 0.25) is 0 Å². The zero-order chi connectivity index (χ0) is 13.5. The summed E-state index contributed by atoms with van der Waals surface area (Å²) in [5.41, 5.74) is 3.26. The van der Waals surface area contributed by atoms with Crippen molar-refractivity contribution < 1.29 is 4.79 Å². The molecule has 3 heteroatoms. The second-order valence-corrected chi connectivity index (χ2v) is 5.14. The monoisotopic (exact) mass is 248 g/mol. The summed E-state index contributed by atoms with van der Waals surface area (Å²) in [5, 5.41) is 6.23. The molecule has 0 aliphatic carbocycles. The highest BCUT2D eigenvalue weighted by molar-refractivity contribution is 5.91. The predicted octanol–water partition coefficient (Wildman–Crippen LogP) is 2.88. The molecule has 0 unspecified atom stereocenters. The summed E-state index contributed by atoms with van der Waals surface area (Å²) < 4.78 is 0. The van der Waals surface area contributed by atoms with Gasteiger partial charge >= 0.3 is 0 Å². The van der Waals surface area contributed by atoms with Gasteiger partial charge in [0.05, 0.1) is 0 Å². The standard InChI is InChI=1S/C15H24N2O/c1-11(2)10-16-9-8-15(18)17-14-7-5-6-12(3)13(14)4/h5-7,11,16H,8-10H2,1-4H3,(H,17,18). The van der Waals surface area contributed by atoms with Gasteiger partial charge in [-0.15, -0.1) is 0 Å². The van der Waals surface area contributed by atoms with Crippen LogP contribution in [0, 0.1) is 19.8 Å². The number of hydrogen-bond donors (Lipinski definition) is 2. The molecule has 0 bridgehead atoms. The van der Waals surface area contributed by atoms with E-state index in [9.17, 15) is 4.79 Å². The molecule has 0 aliphatic rings. The van der Waals surface area contributed by atoms with Crippen molar-refractivity contribution >= 4 is 11.6 Å². The fourth-order valence-corrected chi connectivity index (χ4v) is 1.69. The minimum Gasteiger partial charge on any atom is -0.326 e. The molecule has 1 rings (SSSR count). The van der Waals surface area contributed by atoms with Crippen LogP contribution in [0.1, 0.15) is 31.4 Å². The van der Waals surface area contributed by atoms with Gasteiger partial charge in [-0.2, -0.15) is 0 Å². The van der Waals surface area contributed by atoms with E-state index < -0.39 is 0 Å². The average molecular weight is 248 g/mol. The van der Waals surface area contributed by atoms with Gasteiger partial charge in [-0.1, -0.05) is 26.0 Å². The lowest BCUT2D eigenvalue weighted by atomic mass is 10.1. The number of amides is 1. The molecule has 1 aromatic carbocycles. The van der Waals surface area contributed by atoms with Crippen LogP contribution in [0.3, 0.4) is 0 Å². The van der Waals surface area contributed by atoms with E-state index in [-0.39, 0.29) is 5.91 Å². The normalized spacial score (nSPS) is 10.7. The Labute approximate surface area is 110 Å². The van der Waals surface area contributed by atoms with Gasteiger partial charge in [0.1, 0.15) is 0 Å². The van der Waals surface area contributed by atoms with Crippen molar-refractivity contribution in [3.05, 3.63) is 29.3 Å². The van der Waals surface area contributed by atoms with Gasteiger partial charge in [0.25, 0.3) is 0 Å². The Morgan fingerprint density at radius 2 is 2.00 bits per heavy atom. The summed E-state index contributed by atoms with van der Waals surface area (Å²) in [6, 6.07) is 5.96. The number of aryl methyl sites for hydroxylation is 1. The largest absolute Gasteiger partial charge is 0.326 e. The van der Waals surface area contributed by atoms with Crippen LogP contribution in [0.25, 0.3) is 0 Å². The van der Waals surface area contributed by atoms with Crippen molar-refractivity contribution in [1.82, 2.24) is 5.32 Å². The van der Waals surface area contributed by atoms with E-state index in [4.69, 9.17) is 0 Å². The first-order chi connectivity index (χ1) is 8.50. The Kier molecular flexibility index (Phi) is 5.86. The maximum Gasteiger partial charge on any atom is 0.225 e. The van der Waals surface area contributed by atoms with E-state index in [1.165, 1.54) is 5.56 Å². The van der Waals surface area contributed by atoms with Gasteiger partial charge in [0.2, 0.25) is 5.91 Å². The van der Waals surface area contributed by atoms with Gasteiger partial charge in [-0.3, -0.25) is 4.79 Å². The molecule has 0 atom stereocenters. The van der Waals surface area contributed by atoms with Crippen LogP contribution >= 0.6 is 0 Å². The van der Waals surface area contributed by atoms with Crippen LogP contribution in [-0.4, -0.2) is 19.0 Å². The molecule has 0 saturated carbocycles. The minimum atomic E-state index is 0.0694. The quantitative estimate of drug-likeness (QED) is 0.760. The molecule has 3 nitrogen and oxygen atoms in total. The SMILES string of the molecule is Cc1cccc(NC(=O)CCNCC(C)C)c1C. The van der Waals surface area contributed by atoms with E-state index in [1.54, 1.807) is 0 Å². The molecular formula is C15H24N2O. The first-order valence-electron chi connectivity index (χ1n) is 6.57. The number of nitrogens with one attached hydrogen (secondary N) is 2. The third kappa shape index (κ3) is 4.88. The summed E-state index contributed by atoms with van der Waals surface area (Å²) in [5.74, 6) is 0.687. The molecule has 0 aromatic heterocycles. The molecule has 0 radical (unpaired) electrons. The first-order valence-corrected chi connectivity index (χ1v) is 6.57. The topological polar surface area (TPSA) is 41.1 Å². The lowest BCUT2D eigenvalue weighted by Crippen LogP contribution is -2.25. The van der Waals surface area contributed by atoms with Crippen molar-refractivity contribution in [1.29, 1.82) is 0 Å². The maximum atomic E-state index is 11.8. The lowest BCUT2D eigenvalue weighted by molar-refractivity contribution is -0.116. The van der Waals surface area contributed by atoms with Crippen LogP contribution in [0.15, 0.2) is 18.2 Å². The molecule has 100 valence electrons. The highest BCUT2D eigenvalue weighted by atomic mass is 16.1. The summed E-state index contributed by atoms with van der Waals surface area (Å²) in [4.78, 5) is 11.8. The van der Waals surface area contributed by atoms with Crippen molar-refractivity contribution in [2.24, 2.45) is 5.92 Å². The molecule has 0 spiro atoms. The van der Waals surface area contributed by atoms with Crippen molar-refractivity contribution in [2.45, 2.75) is 34.1 Å². The van der Waals surface area contributed by atoms with Crippen LogP contribution in [0.4, 0.5) is 5.69 Å². The summed E-state index contributed by atoms with van der Waals surface area (Å²) >= 11 is 0. The van der Waals surface area contributed by atoms with E-state index in [0.29, 0.717) is 12.3 Å². The number of carbonyl (C=O) groups is 1. The van der Waals surface area contributed by atoms with Gasteiger partial charge < -0.3 is 10.6 Å². The van der Waals surface area contributed by atoms with E-state index in [0.717, 1.165) is 24.3 Å². The Morgan fingerprint density at radius 1 is 1.28 bits per heavy atom. The van der Waals surface area contributed by atoms with E-state index >= 15 is 0 Å². The summed E-state index contributed by atoms with van der Waals surface area (Å²) in [6.45, 7) is 10.1. The van der Waals surface area contributed by atoms with Crippen molar-refractivity contribution in [2.75, 3.05) is 18.4 Å². The first kappa shape index (κ1) is 14.7. The average Bonchev–Trinajstić information content (AvgIpc) is 2.30. The van der Waals surface area contributed by atoms with Crippen LogP contribution in [-0.2, 0) is 4.79 Å². The minimum absolute atomic E-state index is 0.0694. The second kappa shape index (κ2) is 7.17. The molecule has 0 saturated heterocycles. The van der Waals surface area contributed by atoms with E-state index in [2.05, 4.69) is 37.5 Å². The summed E-state index contributed by atoms with van der Waals surface area (Å²) in [7, 11) is 0. The third-order valence-corrected chi connectivity index (χ3v) is 2.96. The number of rotatable bonds is 6. The van der Waals surface area contributed by atoms with Crippen LogP contribution < -0.4 is 10.6 Å². The highest BCUT2D eigenvalue weighted by Crippen LogP contribution is 2.17. The lowest BCUT2D eigenvalue weighted by Gasteiger charge is -2.11. The van der Waals surface area contributed by atoms with Gasteiger partial charge in [0.15, 0.2) is 0 Å². The highest BCUT2D eigenvalue weighted by Gasteiger charge is 2.05. The van der Waals surface area contributed by atoms with Crippen molar-refractivity contribution in [3.8, 4) is 0 Å². The Bertz CT molecular complexity index is 399. The molecule has 0 heterocycles. The van der Waals surface area contributed by atoms with Gasteiger partial charge in [0, 0.05) is 18.7 Å². The smallest absolute Gasteiger partial charge is 0.225 e. The predicted molar refractivity (Wildman–Crippen MR) is 76.9 cm³/mol. The van der Waals surface area contributed by atoms with Crippen LogP contribution in [0.5, 0.6) is 0 Å². The molecule has 2 N–H and O–H groups in total. The van der Waals surface area contributed by atoms with Crippen molar-refractivity contribution in [3.63, 3.8) is 0 Å². The number of benzene rings is 1. The maximum absolute atomic E-state index is 11.8. The van der Waals surface area contributed by atoms with E-state index in [1.807, 2.05) is 19.1 Å². The fraction of sp³-hybridized carbons (Fsp3) is 0.533. The second-order valence-electron chi connectivity index (χ2n) is 5.14. The zero-order valence-corrected chi connectivity index (χ0v) is 11.8. The third-order valence-electron chi connectivity index (χ3n) is 2.96. The Hall–Kier alpha value is -1.35. The summed E-state index contributed by atoms with van der Waals surface area (Å²) in [6.07, 6.45) is 0.514. The number of hydrogen-bond acceptors (Lipinski definition) is 2. The fourth-order valence-electron chi connectivity index (χ4n) is 1.69. The Balaban J connectivity index is 2.38.